The molecule has 0 spiro atoms. The van der Waals surface area contributed by atoms with E-state index < -0.39 is 0 Å². The van der Waals surface area contributed by atoms with Crippen molar-refractivity contribution >= 4 is 11.6 Å². The minimum absolute atomic E-state index is 0.216. The van der Waals surface area contributed by atoms with Gasteiger partial charge in [-0.15, -0.1) is 0 Å². The van der Waals surface area contributed by atoms with Crippen molar-refractivity contribution in [1.29, 1.82) is 0 Å². The van der Waals surface area contributed by atoms with E-state index in [1.54, 1.807) is 0 Å². The highest BCUT2D eigenvalue weighted by molar-refractivity contribution is 6.30. The van der Waals surface area contributed by atoms with E-state index >= 15 is 0 Å². The predicted octanol–water partition coefficient (Wildman–Crippen LogP) is 4.29. The average molecular weight is 316 g/mol. The molecule has 2 aromatic carbocycles. The zero-order chi connectivity index (χ0) is 15.5. The summed E-state index contributed by atoms with van der Waals surface area (Å²) in [5, 5.41) is 14.7. The number of benzene rings is 2. The van der Waals surface area contributed by atoms with E-state index in [4.69, 9.17) is 11.6 Å². The number of aryl methyl sites for hydroxylation is 1. The molecular formula is C19H22ClNO. The molecule has 0 amide bonds. The normalized spacial score (nSPS) is 23.5. The van der Waals surface area contributed by atoms with Crippen LogP contribution in [0, 0.1) is 5.92 Å². The largest absolute Gasteiger partial charge is 0.388 e. The van der Waals surface area contributed by atoms with Crippen molar-refractivity contribution < 1.29 is 5.11 Å². The Morgan fingerprint density at radius 3 is 2.45 bits per heavy atom. The molecule has 2 aromatic rings. The fraction of sp³-hybridized carbons (Fsp3) is 0.368. The fourth-order valence-electron chi connectivity index (χ4n) is 3.31. The monoisotopic (exact) mass is 315 g/mol. The summed E-state index contributed by atoms with van der Waals surface area (Å²) in [5.74, 6) is 0.216. The van der Waals surface area contributed by atoms with Crippen molar-refractivity contribution in [3.63, 3.8) is 0 Å². The van der Waals surface area contributed by atoms with Crippen LogP contribution in [0.4, 0.5) is 0 Å². The van der Waals surface area contributed by atoms with Crippen LogP contribution in [0.3, 0.4) is 0 Å². The first kappa shape index (κ1) is 15.5. The molecule has 2 N–H and O–H groups in total. The number of fused-ring (bicyclic) bond motifs is 1. The van der Waals surface area contributed by atoms with E-state index in [0.717, 1.165) is 30.0 Å². The molecule has 3 rings (SSSR count). The summed E-state index contributed by atoms with van der Waals surface area (Å²) in [4.78, 5) is 0. The van der Waals surface area contributed by atoms with Gasteiger partial charge in [0.1, 0.15) is 0 Å². The quantitative estimate of drug-likeness (QED) is 0.807. The number of halogens is 1. The highest BCUT2D eigenvalue weighted by atomic mass is 35.5. The molecule has 0 aromatic heterocycles. The topological polar surface area (TPSA) is 32.3 Å². The van der Waals surface area contributed by atoms with Crippen molar-refractivity contribution in [2.45, 2.75) is 31.9 Å². The van der Waals surface area contributed by atoms with Crippen molar-refractivity contribution in [1.82, 2.24) is 5.32 Å². The third-order valence-corrected chi connectivity index (χ3v) is 4.85. The van der Waals surface area contributed by atoms with Crippen molar-refractivity contribution in [3.05, 3.63) is 70.2 Å². The maximum absolute atomic E-state index is 10.3. The minimum atomic E-state index is -0.357. The molecule has 0 bridgehead atoms. The Labute approximate surface area is 137 Å². The van der Waals surface area contributed by atoms with Gasteiger partial charge in [0.25, 0.3) is 0 Å². The molecule has 0 radical (unpaired) electrons. The Bertz CT molecular complexity index is 626. The summed E-state index contributed by atoms with van der Waals surface area (Å²) in [6.45, 7) is 3.06. The lowest BCUT2D eigenvalue weighted by molar-refractivity contribution is 0.114. The third kappa shape index (κ3) is 3.19. The van der Waals surface area contributed by atoms with Crippen molar-refractivity contribution in [2.75, 3.05) is 6.54 Å². The van der Waals surface area contributed by atoms with Gasteiger partial charge in [0.15, 0.2) is 0 Å². The van der Waals surface area contributed by atoms with E-state index in [0.29, 0.717) is 0 Å². The zero-order valence-corrected chi connectivity index (χ0v) is 13.6. The number of nitrogens with one attached hydrogen (secondary N) is 1. The maximum atomic E-state index is 10.3. The first-order valence-electron chi connectivity index (χ1n) is 7.91. The summed E-state index contributed by atoms with van der Waals surface area (Å²) in [7, 11) is 0. The summed E-state index contributed by atoms with van der Waals surface area (Å²) in [6, 6.07) is 16.5. The van der Waals surface area contributed by atoms with Crippen LogP contribution in [0.1, 0.15) is 42.2 Å². The Hall–Kier alpha value is -1.35. The third-order valence-electron chi connectivity index (χ3n) is 4.59. The minimum Gasteiger partial charge on any atom is -0.388 e. The second kappa shape index (κ2) is 6.82. The van der Waals surface area contributed by atoms with Gasteiger partial charge < -0.3 is 10.4 Å². The Morgan fingerprint density at radius 1 is 1.05 bits per heavy atom. The Balaban J connectivity index is 1.54. The van der Waals surface area contributed by atoms with E-state index in [1.165, 1.54) is 11.1 Å². The Kier molecular flexibility index (Phi) is 4.82. The number of hydrogen-bond acceptors (Lipinski definition) is 2. The van der Waals surface area contributed by atoms with Gasteiger partial charge in [0.2, 0.25) is 0 Å². The van der Waals surface area contributed by atoms with Gasteiger partial charge in [-0.2, -0.15) is 0 Å². The van der Waals surface area contributed by atoms with Crippen molar-refractivity contribution in [3.8, 4) is 0 Å². The van der Waals surface area contributed by atoms with Crippen molar-refractivity contribution in [2.24, 2.45) is 5.92 Å². The Morgan fingerprint density at radius 2 is 1.73 bits per heavy atom. The van der Waals surface area contributed by atoms with Crippen LogP contribution >= 0.6 is 11.6 Å². The molecule has 116 valence electrons. The molecule has 1 aliphatic rings. The first-order valence-corrected chi connectivity index (χ1v) is 8.29. The number of aliphatic hydroxyl groups excluding tert-OH is 1. The van der Waals surface area contributed by atoms with Gasteiger partial charge in [0.05, 0.1) is 6.10 Å². The van der Waals surface area contributed by atoms with Gasteiger partial charge in [-0.3, -0.25) is 0 Å². The highest BCUT2D eigenvalue weighted by Crippen LogP contribution is 2.43. The molecule has 0 aliphatic heterocycles. The zero-order valence-electron chi connectivity index (χ0n) is 12.8. The SMILES string of the molecule is CC1C(O)c2ccccc2C1NCCCc1ccc(Cl)cc1. The second-order valence-electron chi connectivity index (χ2n) is 6.09. The maximum Gasteiger partial charge on any atom is 0.0836 e. The molecule has 3 unspecified atom stereocenters. The number of hydrogen-bond donors (Lipinski definition) is 2. The summed E-state index contributed by atoms with van der Waals surface area (Å²) < 4.78 is 0. The van der Waals surface area contributed by atoms with Crippen LogP contribution < -0.4 is 5.32 Å². The van der Waals surface area contributed by atoms with Gasteiger partial charge >= 0.3 is 0 Å². The van der Waals surface area contributed by atoms with E-state index in [2.05, 4.69) is 30.4 Å². The molecule has 3 heteroatoms. The van der Waals surface area contributed by atoms with Crippen LogP contribution in [-0.2, 0) is 6.42 Å². The summed E-state index contributed by atoms with van der Waals surface area (Å²) in [6.07, 6.45) is 1.75. The lowest BCUT2D eigenvalue weighted by atomic mass is 10.0. The lowest BCUT2D eigenvalue weighted by Gasteiger charge is -2.20. The van der Waals surface area contributed by atoms with Gasteiger partial charge in [-0.05, 0) is 48.2 Å². The second-order valence-corrected chi connectivity index (χ2v) is 6.53. The predicted molar refractivity (Wildman–Crippen MR) is 91.1 cm³/mol. The standard InChI is InChI=1S/C19H22ClNO/c1-13-18(16-6-2-3-7-17(16)19(13)22)21-12-4-5-14-8-10-15(20)11-9-14/h2-3,6-11,13,18-19,21-22H,4-5,12H2,1H3. The van der Waals surface area contributed by atoms with Crippen LogP contribution in [0.2, 0.25) is 5.02 Å². The summed E-state index contributed by atoms with van der Waals surface area (Å²) in [5.41, 5.74) is 3.63. The molecule has 0 heterocycles. The molecule has 2 nitrogen and oxygen atoms in total. The highest BCUT2D eigenvalue weighted by Gasteiger charge is 2.35. The van der Waals surface area contributed by atoms with Gasteiger partial charge in [-0.1, -0.05) is 54.9 Å². The molecule has 3 atom stereocenters. The first-order chi connectivity index (χ1) is 10.7. The smallest absolute Gasteiger partial charge is 0.0836 e. The molecule has 0 fully saturated rings. The fourth-order valence-corrected chi connectivity index (χ4v) is 3.44. The molecule has 1 aliphatic carbocycles. The summed E-state index contributed by atoms with van der Waals surface area (Å²) >= 11 is 5.90. The van der Waals surface area contributed by atoms with Gasteiger partial charge in [-0.25, -0.2) is 0 Å². The van der Waals surface area contributed by atoms with Crippen LogP contribution in [0.5, 0.6) is 0 Å². The molecule has 0 saturated carbocycles. The molecule has 0 saturated heterocycles. The van der Waals surface area contributed by atoms with E-state index in [9.17, 15) is 5.11 Å². The number of aliphatic hydroxyl groups is 1. The van der Waals surface area contributed by atoms with Crippen LogP contribution in [-0.4, -0.2) is 11.7 Å². The lowest BCUT2D eigenvalue weighted by Crippen LogP contribution is -2.26. The molecule has 22 heavy (non-hydrogen) atoms. The van der Waals surface area contributed by atoms with E-state index in [-0.39, 0.29) is 18.1 Å². The molecular weight excluding hydrogens is 294 g/mol. The van der Waals surface area contributed by atoms with E-state index in [1.807, 2.05) is 30.3 Å². The number of rotatable bonds is 5. The average Bonchev–Trinajstić information content (AvgIpc) is 2.78. The van der Waals surface area contributed by atoms with Gasteiger partial charge in [0, 0.05) is 17.0 Å². The van der Waals surface area contributed by atoms with Crippen LogP contribution in [0.15, 0.2) is 48.5 Å². The van der Waals surface area contributed by atoms with Crippen LogP contribution in [0.25, 0.3) is 0 Å².